The van der Waals surface area contributed by atoms with Crippen LogP contribution in [-0.4, -0.2) is 105 Å². The van der Waals surface area contributed by atoms with Crippen molar-refractivity contribution < 1.29 is 66.6 Å². The van der Waals surface area contributed by atoms with Gasteiger partial charge in [0.05, 0.1) is 90.7 Å². The molecule has 0 spiro atoms. The lowest BCUT2D eigenvalue weighted by atomic mass is 9.82. The normalized spacial score (nSPS) is 27.0. The average Bonchev–Trinajstić information content (AvgIpc) is 3.82. The zero-order valence-electron chi connectivity index (χ0n) is 40.2. The fourth-order valence-corrected chi connectivity index (χ4v) is 12.6. The second-order valence-electron chi connectivity index (χ2n) is 18.6. The van der Waals surface area contributed by atoms with Gasteiger partial charge in [-0.05, 0) is 134 Å². The molecule has 1 aliphatic heterocycles. The summed E-state index contributed by atoms with van der Waals surface area (Å²) in [4.78, 5) is 63.3. The molecule has 17 heteroatoms. The van der Waals surface area contributed by atoms with E-state index in [0.717, 1.165) is 125 Å². The number of benzene rings is 1. The van der Waals surface area contributed by atoms with Crippen molar-refractivity contribution in [2.45, 2.75) is 161 Å². The van der Waals surface area contributed by atoms with Crippen molar-refractivity contribution in [3.05, 3.63) is 37.4 Å². The number of thioether (sulfide) groups is 2. The molecule has 15 nitrogen and oxygen atoms in total. The molecule has 5 aliphatic rings. The third kappa shape index (κ3) is 17.0. The van der Waals surface area contributed by atoms with Crippen LogP contribution in [0.3, 0.4) is 0 Å². The van der Waals surface area contributed by atoms with Gasteiger partial charge in [-0.15, -0.1) is 23.5 Å². The van der Waals surface area contributed by atoms with E-state index in [0.29, 0.717) is 64.0 Å². The van der Waals surface area contributed by atoms with Gasteiger partial charge in [0.25, 0.3) is 0 Å². The molecule has 4 fully saturated rings. The van der Waals surface area contributed by atoms with Crippen LogP contribution in [0.4, 0.5) is 0 Å². The first kappa shape index (κ1) is 54.1. The van der Waals surface area contributed by atoms with E-state index in [4.69, 9.17) is 42.6 Å². The van der Waals surface area contributed by atoms with Crippen molar-refractivity contribution in [3.8, 4) is 17.6 Å². The first-order chi connectivity index (χ1) is 33.6. The fourth-order valence-electron chi connectivity index (χ4n) is 9.61. The average molecular weight is 998 g/mol. The van der Waals surface area contributed by atoms with Crippen LogP contribution in [0, 0.1) is 40.9 Å². The summed E-state index contributed by atoms with van der Waals surface area (Å²) in [7, 11) is 0. The third-order valence-corrected chi connectivity index (χ3v) is 16.7. The summed E-state index contributed by atoms with van der Waals surface area (Å²) >= 11 is 2.87. The molecular formula is C52H71NO14S2. The summed E-state index contributed by atoms with van der Waals surface area (Å²) < 4.78 is 51.7. The first-order valence-electron chi connectivity index (χ1n) is 25.1. The van der Waals surface area contributed by atoms with Gasteiger partial charge in [-0.25, -0.2) is 9.59 Å². The summed E-state index contributed by atoms with van der Waals surface area (Å²) in [6.45, 7) is 11.3. The monoisotopic (exact) mass is 997 g/mol. The Hall–Kier alpha value is -4.24. The Balaban J connectivity index is 0.919. The Morgan fingerprint density at radius 3 is 1.39 bits per heavy atom. The molecule has 1 aromatic carbocycles. The number of nitrogens with zero attached hydrogens (tertiary/aromatic N) is 1. The molecule has 6 rings (SSSR count). The molecule has 0 bridgehead atoms. The fraction of sp³-hybridized carbons (Fsp3) is 0.692. The van der Waals surface area contributed by atoms with Crippen molar-refractivity contribution in [1.29, 1.82) is 5.26 Å². The van der Waals surface area contributed by atoms with Crippen LogP contribution in [0.1, 0.15) is 122 Å². The van der Waals surface area contributed by atoms with Gasteiger partial charge < -0.3 is 42.6 Å². The number of ether oxygens (including phenoxy) is 9. The molecule has 4 aliphatic carbocycles. The number of carbonyl (C=O) groups is 5. The topological polar surface area (TPSA) is 192 Å². The van der Waals surface area contributed by atoms with Crippen LogP contribution in [-0.2, 0) is 57.1 Å². The molecule has 4 saturated carbocycles. The summed E-state index contributed by atoms with van der Waals surface area (Å²) in [6.07, 6.45) is 16.3. The highest BCUT2D eigenvalue weighted by molar-refractivity contribution is 8.19. The van der Waals surface area contributed by atoms with Gasteiger partial charge in [0.2, 0.25) is 0 Å². The predicted octanol–water partition coefficient (Wildman–Crippen LogP) is 9.26. The number of fused-ring (bicyclic) bond motifs is 1. The van der Waals surface area contributed by atoms with E-state index in [1.807, 2.05) is 12.1 Å². The zero-order chi connectivity index (χ0) is 49.0. The van der Waals surface area contributed by atoms with Crippen LogP contribution < -0.4 is 9.47 Å². The standard InChI is InChI=1S/C52H71NO14S2/c1-4-45(54)62-29-7-27-60-38-17-21-40(22-18-38)66-49(56)36-13-9-34(10-14-36)32-64-43-25-26-44(48-47(43)68-52(69-48)42(31-53)51(58)59-6-3)65-33-35-11-15-37(16-12-35)50(57)67-41-23-19-39(20-24-41)61-28-8-30-63-46(55)5-2/h4-5,25-26,34-42,52H,1-2,6-24,27-30,32-33H2,3H3. The number of hydrogen-bond acceptors (Lipinski definition) is 17. The molecule has 0 amide bonds. The Morgan fingerprint density at radius 2 is 1.01 bits per heavy atom. The summed E-state index contributed by atoms with van der Waals surface area (Å²) in [5.74, 6) is -1.01. The quantitative estimate of drug-likeness (QED) is 0.0389. The summed E-state index contributed by atoms with van der Waals surface area (Å²) in [5.41, 5.74) is 0. The van der Waals surface area contributed by atoms with Crippen LogP contribution in [0.2, 0.25) is 0 Å². The van der Waals surface area contributed by atoms with E-state index in [2.05, 4.69) is 19.2 Å². The number of rotatable bonds is 25. The minimum Gasteiger partial charge on any atom is -0.492 e. The van der Waals surface area contributed by atoms with Crippen molar-refractivity contribution in [2.24, 2.45) is 29.6 Å². The molecule has 0 N–H and O–H groups in total. The second kappa shape index (κ2) is 28.6. The largest absolute Gasteiger partial charge is 0.492 e. The van der Waals surface area contributed by atoms with Crippen LogP contribution in [0.25, 0.3) is 0 Å². The van der Waals surface area contributed by atoms with Gasteiger partial charge in [0, 0.05) is 25.0 Å². The molecule has 1 unspecified atom stereocenters. The Morgan fingerprint density at radius 1 is 0.609 bits per heavy atom. The van der Waals surface area contributed by atoms with E-state index >= 15 is 0 Å². The molecule has 0 radical (unpaired) electrons. The lowest BCUT2D eigenvalue weighted by Gasteiger charge is -2.31. The highest BCUT2D eigenvalue weighted by Crippen LogP contribution is 2.58. The van der Waals surface area contributed by atoms with Gasteiger partial charge >= 0.3 is 29.8 Å². The smallest absolute Gasteiger partial charge is 0.330 e. The second-order valence-corrected chi connectivity index (χ2v) is 21.2. The molecule has 380 valence electrons. The maximum atomic E-state index is 13.2. The number of carbonyl (C=O) groups excluding carboxylic acids is 5. The van der Waals surface area contributed by atoms with Gasteiger partial charge in [0.15, 0.2) is 5.92 Å². The minimum absolute atomic E-state index is 0.0963. The maximum Gasteiger partial charge on any atom is 0.330 e. The highest BCUT2D eigenvalue weighted by Gasteiger charge is 2.40. The summed E-state index contributed by atoms with van der Waals surface area (Å²) in [6, 6.07) is 5.99. The van der Waals surface area contributed by atoms with E-state index in [-0.39, 0.29) is 66.6 Å². The van der Waals surface area contributed by atoms with Crippen LogP contribution in [0.15, 0.2) is 47.2 Å². The van der Waals surface area contributed by atoms with Gasteiger partial charge in [0.1, 0.15) is 23.7 Å². The van der Waals surface area contributed by atoms with Crippen LogP contribution in [0.5, 0.6) is 11.5 Å². The Bertz CT molecular complexity index is 1790. The molecule has 1 atom stereocenters. The van der Waals surface area contributed by atoms with Crippen molar-refractivity contribution in [2.75, 3.05) is 46.2 Å². The molecule has 0 saturated heterocycles. The van der Waals surface area contributed by atoms with Crippen molar-refractivity contribution in [1.82, 2.24) is 0 Å². The third-order valence-electron chi connectivity index (χ3n) is 13.7. The molecule has 1 aromatic rings. The zero-order valence-corrected chi connectivity index (χ0v) is 41.8. The minimum atomic E-state index is -0.983. The van der Waals surface area contributed by atoms with Crippen molar-refractivity contribution in [3.63, 3.8) is 0 Å². The number of nitriles is 1. The maximum absolute atomic E-state index is 13.2. The van der Waals surface area contributed by atoms with E-state index in [1.165, 1.54) is 23.5 Å². The first-order valence-corrected chi connectivity index (χ1v) is 26.9. The molecular weight excluding hydrogens is 927 g/mol. The highest BCUT2D eigenvalue weighted by atomic mass is 32.2. The molecule has 0 aromatic heterocycles. The van der Waals surface area contributed by atoms with E-state index in [1.54, 1.807) is 6.92 Å². The Labute approximate surface area is 415 Å². The Kier molecular flexibility index (Phi) is 22.4. The van der Waals surface area contributed by atoms with E-state index < -0.39 is 28.4 Å². The molecule has 1 heterocycles. The van der Waals surface area contributed by atoms with Gasteiger partial charge in [-0.2, -0.15) is 5.26 Å². The van der Waals surface area contributed by atoms with Gasteiger partial charge in [-0.1, -0.05) is 13.2 Å². The number of hydrogen-bond donors (Lipinski definition) is 0. The number of esters is 5. The van der Waals surface area contributed by atoms with E-state index in [9.17, 15) is 29.2 Å². The van der Waals surface area contributed by atoms with Crippen molar-refractivity contribution >= 4 is 53.4 Å². The molecule has 69 heavy (non-hydrogen) atoms. The SMILES string of the molecule is C=CC(=O)OCCCOC1CCC(OC(=O)C2CCC(COc3ccc(OCC4CCC(C(=O)OC5CCC(OCCCOC(=O)C=C)CC5)CC4)c4c3SC(C(C#N)C(=O)OCC)S4)CC2)CC1. The lowest BCUT2D eigenvalue weighted by molar-refractivity contribution is -0.159. The lowest BCUT2D eigenvalue weighted by Crippen LogP contribution is -2.32. The van der Waals surface area contributed by atoms with Gasteiger partial charge in [-0.3, -0.25) is 14.4 Å². The summed E-state index contributed by atoms with van der Waals surface area (Å²) in [5, 5.41) is 10.1. The van der Waals surface area contributed by atoms with Crippen LogP contribution >= 0.6 is 23.5 Å². The predicted molar refractivity (Wildman–Crippen MR) is 257 cm³/mol.